The van der Waals surface area contributed by atoms with E-state index in [2.05, 4.69) is 22.3 Å². The molecular weight excluding hydrogens is 478 g/mol. The second kappa shape index (κ2) is 12.0. The van der Waals surface area contributed by atoms with Crippen LogP contribution in [0.4, 0.5) is 0 Å². The number of nitrogens with one attached hydrogen (secondary N) is 1. The molecule has 0 spiro atoms. The summed E-state index contributed by atoms with van der Waals surface area (Å²) < 4.78 is 38.9. The van der Waals surface area contributed by atoms with E-state index in [4.69, 9.17) is 9.47 Å². The standard InChI is InChI=1S/C27H31N3O5S/c1-34-25-12-5-6-13-26(25)35-19-14-28-27(31)23-10-7-11-24(20-23)36(32,33)30-17-15-29(16-18-30)21-22-8-3-2-4-9-22/h2-13,20H,14-19,21H2,1H3,(H,28,31). The van der Waals surface area contributed by atoms with E-state index in [0.29, 0.717) is 37.7 Å². The van der Waals surface area contributed by atoms with E-state index in [-0.39, 0.29) is 29.5 Å². The molecule has 0 saturated carbocycles. The van der Waals surface area contributed by atoms with Crippen LogP contribution in [0.15, 0.2) is 83.8 Å². The Balaban J connectivity index is 1.30. The molecule has 0 unspecified atom stereocenters. The summed E-state index contributed by atoms with van der Waals surface area (Å²) in [6.07, 6.45) is 0. The highest BCUT2D eigenvalue weighted by molar-refractivity contribution is 7.89. The zero-order valence-corrected chi connectivity index (χ0v) is 21.1. The van der Waals surface area contributed by atoms with E-state index in [0.717, 1.165) is 6.54 Å². The Kier molecular flexibility index (Phi) is 8.58. The fraction of sp³-hybridized carbons (Fsp3) is 0.296. The average Bonchev–Trinajstić information content (AvgIpc) is 2.92. The zero-order chi connectivity index (χ0) is 25.4. The average molecular weight is 510 g/mol. The van der Waals surface area contributed by atoms with Crippen LogP contribution < -0.4 is 14.8 Å². The molecule has 0 aromatic heterocycles. The van der Waals surface area contributed by atoms with Crippen molar-refractivity contribution in [2.45, 2.75) is 11.4 Å². The molecule has 0 aliphatic carbocycles. The largest absolute Gasteiger partial charge is 0.493 e. The molecule has 8 nitrogen and oxygen atoms in total. The van der Waals surface area contributed by atoms with Gasteiger partial charge in [0.05, 0.1) is 18.6 Å². The number of nitrogens with zero attached hydrogens (tertiary/aromatic N) is 2. The Hall–Kier alpha value is -3.40. The number of amides is 1. The lowest BCUT2D eigenvalue weighted by Gasteiger charge is -2.34. The van der Waals surface area contributed by atoms with Crippen LogP contribution in [0.2, 0.25) is 0 Å². The van der Waals surface area contributed by atoms with Gasteiger partial charge in [0.2, 0.25) is 10.0 Å². The second-order valence-corrected chi connectivity index (χ2v) is 10.4. The lowest BCUT2D eigenvalue weighted by Crippen LogP contribution is -2.48. The lowest BCUT2D eigenvalue weighted by atomic mass is 10.2. The molecule has 190 valence electrons. The van der Waals surface area contributed by atoms with Crippen molar-refractivity contribution in [1.82, 2.24) is 14.5 Å². The summed E-state index contributed by atoms with van der Waals surface area (Å²) in [5, 5.41) is 2.77. The maximum absolute atomic E-state index is 13.2. The molecule has 4 rings (SSSR count). The van der Waals surface area contributed by atoms with Gasteiger partial charge in [-0.05, 0) is 35.9 Å². The molecule has 0 bridgehead atoms. The number of piperazine rings is 1. The first-order valence-electron chi connectivity index (χ1n) is 11.9. The highest BCUT2D eigenvalue weighted by atomic mass is 32.2. The Bertz CT molecular complexity index is 1260. The first-order chi connectivity index (χ1) is 17.5. The molecule has 3 aromatic rings. The van der Waals surface area contributed by atoms with Gasteiger partial charge in [0.15, 0.2) is 11.5 Å². The van der Waals surface area contributed by atoms with Crippen LogP contribution in [0.5, 0.6) is 11.5 Å². The highest BCUT2D eigenvalue weighted by Gasteiger charge is 2.29. The second-order valence-electron chi connectivity index (χ2n) is 8.45. The Morgan fingerprint density at radius 1 is 0.889 bits per heavy atom. The third-order valence-electron chi connectivity index (χ3n) is 6.03. The number of carbonyl (C=O) groups excluding carboxylic acids is 1. The van der Waals surface area contributed by atoms with Crippen molar-refractivity contribution in [1.29, 1.82) is 0 Å². The van der Waals surface area contributed by atoms with Crippen LogP contribution >= 0.6 is 0 Å². The highest BCUT2D eigenvalue weighted by Crippen LogP contribution is 2.25. The number of sulfonamides is 1. The van der Waals surface area contributed by atoms with Gasteiger partial charge in [-0.15, -0.1) is 0 Å². The lowest BCUT2D eigenvalue weighted by molar-refractivity contribution is 0.0946. The van der Waals surface area contributed by atoms with E-state index < -0.39 is 10.0 Å². The van der Waals surface area contributed by atoms with E-state index in [1.54, 1.807) is 31.4 Å². The van der Waals surface area contributed by atoms with Gasteiger partial charge in [-0.25, -0.2) is 8.42 Å². The van der Waals surface area contributed by atoms with Crippen molar-refractivity contribution in [3.05, 3.63) is 90.0 Å². The molecule has 36 heavy (non-hydrogen) atoms. The molecular formula is C27H31N3O5S. The fourth-order valence-corrected chi connectivity index (χ4v) is 5.55. The first kappa shape index (κ1) is 25.7. The van der Waals surface area contributed by atoms with Crippen molar-refractivity contribution >= 4 is 15.9 Å². The molecule has 1 aliphatic rings. The van der Waals surface area contributed by atoms with Crippen molar-refractivity contribution in [2.24, 2.45) is 0 Å². The van der Waals surface area contributed by atoms with Crippen molar-refractivity contribution in [3.63, 3.8) is 0 Å². The molecule has 9 heteroatoms. The van der Waals surface area contributed by atoms with Crippen molar-refractivity contribution < 1.29 is 22.7 Å². The number of carbonyl (C=O) groups is 1. The minimum atomic E-state index is -3.70. The smallest absolute Gasteiger partial charge is 0.251 e. The van der Waals surface area contributed by atoms with Crippen LogP contribution in [0.1, 0.15) is 15.9 Å². The quantitative estimate of drug-likeness (QED) is 0.423. The van der Waals surface area contributed by atoms with Gasteiger partial charge in [-0.1, -0.05) is 48.5 Å². The van der Waals surface area contributed by atoms with Crippen LogP contribution in [0.3, 0.4) is 0 Å². The summed E-state index contributed by atoms with van der Waals surface area (Å²) in [6, 6.07) is 23.6. The first-order valence-corrected chi connectivity index (χ1v) is 13.3. The minimum absolute atomic E-state index is 0.122. The SMILES string of the molecule is COc1ccccc1OCCNC(=O)c1cccc(S(=O)(=O)N2CCN(Cc3ccccc3)CC2)c1. The third-order valence-corrected chi connectivity index (χ3v) is 7.92. The van der Waals surface area contributed by atoms with Gasteiger partial charge >= 0.3 is 0 Å². The van der Waals surface area contributed by atoms with Crippen LogP contribution in [0.25, 0.3) is 0 Å². The molecule has 1 saturated heterocycles. The van der Waals surface area contributed by atoms with E-state index in [1.807, 2.05) is 30.3 Å². The molecule has 1 fully saturated rings. The van der Waals surface area contributed by atoms with Gasteiger partial charge in [-0.2, -0.15) is 4.31 Å². The molecule has 3 aromatic carbocycles. The summed E-state index contributed by atoms with van der Waals surface area (Å²) >= 11 is 0. The number of hydrogen-bond donors (Lipinski definition) is 1. The predicted molar refractivity (Wildman–Crippen MR) is 138 cm³/mol. The molecule has 1 N–H and O–H groups in total. The van der Waals surface area contributed by atoms with Gasteiger partial charge in [-0.3, -0.25) is 9.69 Å². The number of methoxy groups -OCH3 is 1. The zero-order valence-electron chi connectivity index (χ0n) is 20.3. The van der Waals surface area contributed by atoms with Crippen molar-refractivity contribution in [3.8, 4) is 11.5 Å². The maximum atomic E-state index is 13.2. The number of benzene rings is 3. The summed E-state index contributed by atoms with van der Waals surface area (Å²) in [4.78, 5) is 15.0. The van der Waals surface area contributed by atoms with E-state index in [9.17, 15) is 13.2 Å². The van der Waals surface area contributed by atoms with Crippen LogP contribution in [0, 0.1) is 0 Å². The topological polar surface area (TPSA) is 88.2 Å². The van der Waals surface area contributed by atoms with Crippen molar-refractivity contribution in [2.75, 3.05) is 46.4 Å². The number of para-hydroxylation sites is 2. The molecule has 1 aliphatic heterocycles. The monoisotopic (exact) mass is 509 g/mol. The summed E-state index contributed by atoms with van der Waals surface area (Å²) in [5.74, 6) is 0.845. The van der Waals surface area contributed by atoms with Gasteiger partial charge < -0.3 is 14.8 Å². The third kappa shape index (κ3) is 6.42. The number of ether oxygens (including phenoxy) is 2. The van der Waals surface area contributed by atoms with Gasteiger partial charge in [0, 0.05) is 38.3 Å². The summed E-state index contributed by atoms with van der Waals surface area (Å²) in [5.41, 5.74) is 1.50. The number of hydrogen-bond acceptors (Lipinski definition) is 6. The van der Waals surface area contributed by atoms with Crippen LogP contribution in [-0.2, 0) is 16.6 Å². The fourth-order valence-electron chi connectivity index (χ4n) is 4.08. The number of rotatable bonds is 10. The molecule has 1 heterocycles. The van der Waals surface area contributed by atoms with E-state index in [1.165, 1.54) is 22.0 Å². The summed E-state index contributed by atoms with van der Waals surface area (Å²) in [6.45, 7) is 3.43. The summed E-state index contributed by atoms with van der Waals surface area (Å²) in [7, 11) is -2.13. The van der Waals surface area contributed by atoms with Gasteiger partial charge in [0.25, 0.3) is 5.91 Å². The van der Waals surface area contributed by atoms with Crippen LogP contribution in [-0.4, -0.2) is 70.0 Å². The maximum Gasteiger partial charge on any atom is 0.251 e. The molecule has 1 amide bonds. The minimum Gasteiger partial charge on any atom is -0.493 e. The Morgan fingerprint density at radius 3 is 2.31 bits per heavy atom. The molecule has 0 atom stereocenters. The van der Waals surface area contributed by atoms with Gasteiger partial charge in [0.1, 0.15) is 6.61 Å². The predicted octanol–water partition coefficient (Wildman–Crippen LogP) is 3.01. The molecule has 0 radical (unpaired) electrons. The Labute approximate surface area is 212 Å². The Morgan fingerprint density at radius 2 is 1.58 bits per heavy atom. The van der Waals surface area contributed by atoms with E-state index >= 15 is 0 Å². The normalized spacial score (nSPS) is 14.8.